The predicted octanol–water partition coefficient (Wildman–Crippen LogP) is 3.23. The van der Waals surface area contributed by atoms with E-state index < -0.39 is 11.9 Å². The fourth-order valence-electron chi connectivity index (χ4n) is 2.61. The quantitative estimate of drug-likeness (QED) is 0.675. The van der Waals surface area contributed by atoms with Gasteiger partial charge in [-0.05, 0) is 19.1 Å². The van der Waals surface area contributed by atoms with Crippen molar-refractivity contribution >= 4 is 40.9 Å². The molecule has 0 aliphatic carbocycles. The highest BCUT2D eigenvalue weighted by molar-refractivity contribution is 6.36. The van der Waals surface area contributed by atoms with Crippen LogP contribution in [0.5, 0.6) is 0 Å². The number of aromatic nitrogens is 4. The minimum Gasteiger partial charge on any atom is -0.477 e. The van der Waals surface area contributed by atoms with Crippen molar-refractivity contribution in [3.8, 4) is 0 Å². The van der Waals surface area contributed by atoms with Crippen molar-refractivity contribution in [2.75, 3.05) is 5.32 Å². The van der Waals surface area contributed by atoms with Gasteiger partial charge in [-0.1, -0.05) is 29.3 Å². The topological polar surface area (TPSA) is 102 Å². The van der Waals surface area contributed by atoms with Gasteiger partial charge in [-0.15, -0.1) is 0 Å². The number of rotatable bonds is 5. The molecule has 3 rings (SSSR count). The molecular weight excluding hydrogens is 393 g/mol. The zero-order chi connectivity index (χ0) is 19.7. The molecule has 0 saturated carbocycles. The number of nitrogens with one attached hydrogen (secondary N) is 1. The zero-order valence-corrected chi connectivity index (χ0v) is 15.9. The van der Waals surface area contributed by atoms with Crippen LogP contribution in [-0.4, -0.2) is 36.5 Å². The van der Waals surface area contributed by atoms with Crippen LogP contribution in [0.3, 0.4) is 0 Å². The monoisotopic (exact) mass is 407 g/mol. The Labute approximate surface area is 164 Å². The van der Waals surface area contributed by atoms with Crippen LogP contribution in [0.2, 0.25) is 10.0 Å². The third-order valence-corrected chi connectivity index (χ3v) is 4.69. The van der Waals surface area contributed by atoms with Crippen LogP contribution in [0.1, 0.15) is 32.1 Å². The van der Waals surface area contributed by atoms with Gasteiger partial charge in [-0.2, -0.15) is 10.2 Å². The molecule has 2 heterocycles. The first-order valence-corrected chi connectivity index (χ1v) is 8.57. The second-order valence-corrected chi connectivity index (χ2v) is 6.63. The summed E-state index contributed by atoms with van der Waals surface area (Å²) in [5.41, 5.74) is 1.23. The lowest BCUT2D eigenvalue weighted by molar-refractivity contribution is 0.0680. The van der Waals surface area contributed by atoms with E-state index in [2.05, 4.69) is 15.5 Å². The summed E-state index contributed by atoms with van der Waals surface area (Å²) in [6, 6.07) is 6.89. The molecule has 0 aliphatic heterocycles. The van der Waals surface area contributed by atoms with E-state index in [0.717, 1.165) is 10.4 Å². The maximum atomic E-state index is 12.4. The molecule has 27 heavy (non-hydrogen) atoms. The predicted molar refractivity (Wildman–Crippen MR) is 101 cm³/mol. The third kappa shape index (κ3) is 3.81. The molecule has 0 aliphatic rings. The summed E-state index contributed by atoms with van der Waals surface area (Å²) in [7, 11) is 1.45. The van der Waals surface area contributed by atoms with Gasteiger partial charge in [-0.25, -0.2) is 4.79 Å². The summed E-state index contributed by atoms with van der Waals surface area (Å²) >= 11 is 12.4. The van der Waals surface area contributed by atoms with Crippen molar-refractivity contribution in [2.45, 2.75) is 13.5 Å². The number of hydrogen-bond donors (Lipinski definition) is 2. The van der Waals surface area contributed by atoms with E-state index in [4.69, 9.17) is 23.2 Å². The maximum Gasteiger partial charge on any atom is 0.354 e. The number of benzene rings is 1. The lowest BCUT2D eigenvalue weighted by atomic mass is 10.2. The minimum atomic E-state index is -1.24. The summed E-state index contributed by atoms with van der Waals surface area (Å²) in [5, 5.41) is 21.0. The van der Waals surface area contributed by atoms with Crippen LogP contribution < -0.4 is 5.32 Å². The molecule has 0 fully saturated rings. The molecule has 0 spiro atoms. The van der Waals surface area contributed by atoms with Crippen LogP contribution in [0, 0.1) is 6.92 Å². The molecule has 3 aromatic rings. The Hall–Kier alpha value is -2.84. The van der Waals surface area contributed by atoms with Gasteiger partial charge in [0.2, 0.25) is 0 Å². The van der Waals surface area contributed by atoms with Crippen LogP contribution >= 0.6 is 23.2 Å². The molecule has 0 atom stereocenters. The van der Waals surface area contributed by atoms with Crippen LogP contribution in [0.25, 0.3) is 0 Å². The van der Waals surface area contributed by atoms with Gasteiger partial charge in [0, 0.05) is 34.4 Å². The summed E-state index contributed by atoms with van der Waals surface area (Å²) < 4.78 is 2.77. The average Bonchev–Trinajstić information content (AvgIpc) is 3.14. The molecule has 0 radical (unpaired) electrons. The number of halogens is 2. The number of aromatic carboxylic acids is 1. The highest BCUT2D eigenvalue weighted by atomic mass is 35.5. The highest BCUT2D eigenvalue weighted by Gasteiger charge is 2.22. The molecule has 10 heteroatoms. The highest BCUT2D eigenvalue weighted by Crippen LogP contribution is 2.26. The molecule has 0 saturated heterocycles. The molecule has 1 amide bonds. The van der Waals surface area contributed by atoms with Gasteiger partial charge >= 0.3 is 5.97 Å². The Morgan fingerprint density at radius 2 is 1.93 bits per heavy atom. The largest absolute Gasteiger partial charge is 0.477 e. The van der Waals surface area contributed by atoms with E-state index in [1.807, 2.05) is 6.92 Å². The summed E-state index contributed by atoms with van der Waals surface area (Å²) in [4.78, 5) is 23.7. The number of carbonyl (C=O) groups excluding carboxylic acids is 1. The Kier molecular flexibility index (Phi) is 5.20. The van der Waals surface area contributed by atoms with Gasteiger partial charge < -0.3 is 10.4 Å². The lowest BCUT2D eigenvalue weighted by Crippen LogP contribution is -2.17. The van der Waals surface area contributed by atoms with E-state index in [0.29, 0.717) is 22.2 Å². The Morgan fingerprint density at radius 1 is 1.26 bits per heavy atom. The average molecular weight is 408 g/mol. The van der Waals surface area contributed by atoms with Crippen molar-refractivity contribution < 1.29 is 14.7 Å². The smallest absolute Gasteiger partial charge is 0.354 e. The fourth-order valence-corrected chi connectivity index (χ4v) is 3.12. The fraction of sp³-hybridized carbons (Fsp3) is 0.176. The van der Waals surface area contributed by atoms with Crippen LogP contribution in [0.4, 0.5) is 5.82 Å². The van der Waals surface area contributed by atoms with Gasteiger partial charge in [0.15, 0.2) is 11.5 Å². The first-order chi connectivity index (χ1) is 12.8. The Balaban J connectivity index is 1.83. The van der Waals surface area contributed by atoms with Gasteiger partial charge in [-0.3, -0.25) is 14.2 Å². The van der Waals surface area contributed by atoms with Crippen molar-refractivity contribution in [2.24, 2.45) is 7.05 Å². The lowest BCUT2D eigenvalue weighted by Gasteiger charge is -2.08. The van der Waals surface area contributed by atoms with E-state index in [1.54, 1.807) is 28.9 Å². The molecular formula is C17H15Cl2N5O3. The summed E-state index contributed by atoms with van der Waals surface area (Å²) in [5.74, 6) is -1.57. The molecule has 1 aromatic carbocycles. The second kappa shape index (κ2) is 7.42. The van der Waals surface area contributed by atoms with Crippen molar-refractivity contribution in [3.05, 3.63) is 63.0 Å². The van der Waals surface area contributed by atoms with Crippen molar-refractivity contribution in [3.63, 3.8) is 0 Å². The standard InChI is InChI=1S/C17H15Cl2N5O3/c1-9-6-14(21-16(25)10-7-20-23(2)15(10)17(26)27)22-24(9)8-11-12(18)4-3-5-13(11)19/h3-7H,8H2,1-2H3,(H,26,27)(H,21,22,25). The molecule has 0 unspecified atom stereocenters. The number of amides is 1. The summed E-state index contributed by atoms with van der Waals surface area (Å²) in [6.07, 6.45) is 1.20. The number of carboxylic acids is 1. The minimum absolute atomic E-state index is 0.0497. The van der Waals surface area contributed by atoms with Crippen molar-refractivity contribution in [1.82, 2.24) is 19.6 Å². The molecule has 8 nitrogen and oxygen atoms in total. The van der Waals surface area contributed by atoms with Gasteiger partial charge in [0.25, 0.3) is 5.91 Å². The first-order valence-electron chi connectivity index (χ1n) is 7.82. The van der Waals surface area contributed by atoms with Gasteiger partial charge in [0.1, 0.15) is 0 Å². The normalized spacial score (nSPS) is 10.8. The number of carbonyl (C=O) groups is 2. The number of nitrogens with zero attached hydrogens (tertiary/aromatic N) is 4. The number of anilines is 1. The van der Waals surface area contributed by atoms with E-state index >= 15 is 0 Å². The second-order valence-electron chi connectivity index (χ2n) is 5.82. The third-order valence-electron chi connectivity index (χ3n) is 3.98. The maximum absolute atomic E-state index is 12.4. The van der Waals surface area contributed by atoms with Crippen molar-refractivity contribution in [1.29, 1.82) is 0 Å². The first kappa shape index (κ1) is 18.9. The number of carboxylic acid groups (broad SMARTS) is 1. The van der Waals surface area contributed by atoms with E-state index in [1.165, 1.54) is 13.2 Å². The summed E-state index contributed by atoms with van der Waals surface area (Å²) in [6.45, 7) is 2.15. The Morgan fingerprint density at radius 3 is 2.56 bits per heavy atom. The van der Waals surface area contributed by atoms with Crippen LogP contribution in [-0.2, 0) is 13.6 Å². The SMILES string of the molecule is Cc1cc(NC(=O)c2cnn(C)c2C(=O)O)nn1Cc1c(Cl)cccc1Cl. The zero-order valence-electron chi connectivity index (χ0n) is 14.4. The van der Waals surface area contributed by atoms with Gasteiger partial charge in [0.05, 0.1) is 18.3 Å². The van der Waals surface area contributed by atoms with E-state index in [-0.39, 0.29) is 17.1 Å². The van der Waals surface area contributed by atoms with E-state index in [9.17, 15) is 14.7 Å². The Bertz CT molecular complexity index is 1020. The number of aryl methyl sites for hydroxylation is 2. The molecule has 0 bridgehead atoms. The molecule has 2 aromatic heterocycles. The molecule has 2 N–H and O–H groups in total. The van der Waals surface area contributed by atoms with Crippen LogP contribution in [0.15, 0.2) is 30.5 Å². The number of hydrogen-bond acceptors (Lipinski definition) is 4. The molecule has 140 valence electrons.